The third-order valence-corrected chi connectivity index (χ3v) is 5.00. The number of nitrogens with one attached hydrogen (secondary N) is 3. The minimum Gasteiger partial charge on any atom is -0.348 e. The highest BCUT2D eigenvalue weighted by atomic mass is 16.2. The maximum Gasteiger partial charge on any atom is 0.238 e. The van der Waals surface area contributed by atoms with Crippen LogP contribution in [-0.2, 0) is 15.0 Å². The monoisotopic (exact) mass is 315 g/mol. The molecule has 124 valence electrons. The Balaban J connectivity index is 1.60. The van der Waals surface area contributed by atoms with E-state index in [-0.39, 0.29) is 30.4 Å². The van der Waals surface area contributed by atoms with Gasteiger partial charge in [-0.3, -0.25) is 14.9 Å². The molecule has 1 saturated heterocycles. The standard InChI is InChI=1S/C18H25N3O2/c1-11(13-4-6-14(7-5-13)18(3)8-9-18)19-17(23)15-10-16(22)21-12(2)20-15/h4-7,11-12,15,20H,8-10H2,1-3H3,(H,19,23)(H,21,22)/t11-,12?,15?/m1/s1. The van der Waals surface area contributed by atoms with Gasteiger partial charge in [0.2, 0.25) is 11.8 Å². The molecular formula is C18H25N3O2. The van der Waals surface area contributed by atoms with Crippen LogP contribution in [0.25, 0.3) is 0 Å². The fraction of sp³-hybridized carbons (Fsp3) is 0.556. The van der Waals surface area contributed by atoms with Crippen molar-refractivity contribution in [2.75, 3.05) is 0 Å². The summed E-state index contributed by atoms with van der Waals surface area (Å²) in [5.74, 6) is -0.219. The second-order valence-electron chi connectivity index (χ2n) is 7.13. The molecule has 0 radical (unpaired) electrons. The van der Waals surface area contributed by atoms with Gasteiger partial charge >= 0.3 is 0 Å². The second kappa shape index (κ2) is 5.96. The summed E-state index contributed by atoms with van der Waals surface area (Å²) in [6.07, 6.45) is 2.51. The molecule has 1 aromatic carbocycles. The molecule has 3 rings (SSSR count). The zero-order chi connectivity index (χ0) is 16.6. The van der Waals surface area contributed by atoms with E-state index in [0.29, 0.717) is 5.41 Å². The Morgan fingerprint density at radius 1 is 1.30 bits per heavy atom. The Morgan fingerprint density at radius 2 is 1.96 bits per heavy atom. The third-order valence-electron chi connectivity index (χ3n) is 5.00. The van der Waals surface area contributed by atoms with Gasteiger partial charge in [0.15, 0.2) is 0 Å². The van der Waals surface area contributed by atoms with Crippen LogP contribution in [0.15, 0.2) is 24.3 Å². The first-order valence-electron chi connectivity index (χ1n) is 8.34. The van der Waals surface area contributed by atoms with Crippen molar-refractivity contribution in [3.05, 3.63) is 35.4 Å². The molecule has 1 heterocycles. The van der Waals surface area contributed by atoms with Crippen LogP contribution in [0.4, 0.5) is 0 Å². The van der Waals surface area contributed by atoms with E-state index >= 15 is 0 Å². The normalized spacial score (nSPS) is 27.0. The zero-order valence-electron chi connectivity index (χ0n) is 14.0. The van der Waals surface area contributed by atoms with E-state index in [1.54, 1.807) is 0 Å². The van der Waals surface area contributed by atoms with Crippen LogP contribution in [0, 0.1) is 0 Å². The number of amides is 2. The lowest BCUT2D eigenvalue weighted by Gasteiger charge is -2.29. The molecule has 0 spiro atoms. The highest BCUT2D eigenvalue weighted by Gasteiger charge is 2.38. The fourth-order valence-electron chi connectivity index (χ4n) is 3.10. The summed E-state index contributed by atoms with van der Waals surface area (Å²) in [6, 6.07) is 7.97. The first-order chi connectivity index (χ1) is 10.9. The van der Waals surface area contributed by atoms with Crippen molar-refractivity contribution in [2.45, 2.75) is 63.7 Å². The topological polar surface area (TPSA) is 70.2 Å². The molecule has 3 N–H and O–H groups in total. The van der Waals surface area contributed by atoms with Gasteiger partial charge in [0.25, 0.3) is 0 Å². The second-order valence-corrected chi connectivity index (χ2v) is 7.13. The number of hydrogen-bond acceptors (Lipinski definition) is 3. The molecule has 1 aromatic rings. The largest absolute Gasteiger partial charge is 0.348 e. The molecule has 3 atom stereocenters. The first kappa shape index (κ1) is 16.0. The number of carbonyl (C=O) groups is 2. The molecule has 2 fully saturated rings. The van der Waals surface area contributed by atoms with Gasteiger partial charge in [-0.15, -0.1) is 0 Å². The van der Waals surface area contributed by atoms with Crippen LogP contribution in [0.5, 0.6) is 0 Å². The molecule has 5 heteroatoms. The quantitative estimate of drug-likeness (QED) is 0.792. The van der Waals surface area contributed by atoms with Crippen molar-refractivity contribution in [2.24, 2.45) is 0 Å². The van der Waals surface area contributed by atoms with E-state index in [1.165, 1.54) is 18.4 Å². The Hall–Kier alpha value is -1.88. The average molecular weight is 315 g/mol. The lowest BCUT2D eigenvalue weighted by molar-refractivity contribution is -0.132. The number of benzene rings is 1. The highest BCUT2D eigenvalue weighted by molar-refractivity contribution is 5.89. The summed E-state index contributed by atoms with van der Waals surface area (Å²) in [7, 11) is 0. The predicted octanol–water partition coefficient (Wildman–Crippen LogP) is 1.74. The smallest absolute Gasteiger partial charge is 0.238 e. The van der Waals surface area contributed by atoms with E-state index in [1.807, 2.05) is 13.8 Å². The molecule has 2 unspecified atom stereocenters. The molecule has 2 amide bonds. The highest BCUT2D eigenvalue weighted by Crippen LogP contribution is 2.47. The van der Waals surface area contributed by atoms with Gasteiger partial charge in [-0.05, 0) is 43.2 Å². The van der Waals surface area contributed by atoms with Crippen molar-refractivity contribution in [3.63, 3.8) is 0 Å². The summed E-state index contributed by atoms with van der Waals surface area (Å²) >= 11 is 0. The first-order valence-corrected chi connectivity index (χ1v) is 8.34. The van der Waals surface area contributed by atoms with Crippen LogP contribution in [0.1, 0.15) is 57.2 Å². The molecule has 1 aliphatic carbocycles. The minimum atomic E-state index is -0.467. The van der Waals surface area contributed by atoms with Crippen LogP contribution in [0.3, 0.4) is 0 Å². The third kappa shape index (κ3) is 3.55. The van der Waals surface area contributed by atoms with Crippen LogP contribution >= 0.6 is 0 Å². The van der Waals surface area contributed by atoms with Gasteiger partial charge in [0.05, 0.1) is 24.7 Å². The van der Waals surface area contributed by atoms with Gasteiger partial charge in [-0.1, -0.05) is 31.2 Å². The van der Waals surface area contributed by atoms with Gasteiger partial charge in [-0.25, -0.2) is 0 Å². The van der Waals surface area contributed by atoms with E-state index in [0.717, 1.165) is 5.56 Å². The van der Waals surface area contributed by atoms with Crippen molar-refractivity contribution in [1.82, 2.24) is 16.0 Å². The predicted molar refractivity (Wildman–Crippen MR) is 88.7 cm³/mol. The lowest BCUT2D eigenvalue weighted by Crippen LogP contribution is -2.59. The van der Waals surface area contributed by atoms with Gasteiger partial charge in [0.1, 0.15) is 0 Å². The molecule has 1 aliphatic heterocycles. The SMILES string of the molecule is CC1NC(=O)CC(C(=O)N[C@H](C)c2ccc(C3(C)CC3)cc2)N1. The van der Waals surface area contributed by atoms with Crippen molar-refractivity contribution < 1.29 is 9.59 Å². The van der Waals surface area contributed by atoms with E-state index in [2.05, 4.69) is 47.1 Å². The fourth-order valence-corrected chi connectivity index (χ4v) is 3.10. The molecule has 0 aromatic heterocycles. The van der Waals surface area contributed by atoms with Gasteiger partial charge in [-0.2, -0.15) is 0 Å². The summed E-state index contributed by atoms with van der Waals surface area (Å²) < 4.78 is 0. The molecule has 1 saturated carbocycles. The molecular weight excluding hydrogens is 290 g/mol. The van der Waals surface area contributed by atoms with E-state index in [4.69, 9.17) is 0 Å². The van der Waals surface area contributed by atoms with Crippen molar-refractivity contribution >= 4 is 11.8 Å². The number of rotatable bonds is 4. The van der Waals surface area contributed by atoms with Gasteiger partial charge < -0.3 is 10.6 Å². The minimum absolute atomic E-state index is 0.0781. The average Bonchev–Trinajstić information content (AvgIpc) is 3.25. The van der Waals surface area contributed by atoms with Crippen LogP contribution in [-0.4, -0.2) is 24.0 Å². The zero-order valence-corrected chi connectivity index (χ0v) is 14.0. The number of hydrogen-bond donors (Lipinski definition) is 3. The Morgan fingerprint density at radius 3 is 2.52 bits per heavy atom. The Kier molecular flexibility index (Phi) is 4.15. The lowest BCUT2D eigenvalue weighted by atomic mass is 9.96. The molecule has 0 bridgehead atoms. The summed E-state index contributed by atoms with van der Waals surface area (Å²) in [6.45, 7) is 6.09. The molecule has 5 nitrogen and oxygen atoms in total. The Bertz CT molecular complexity index is 607. The summed E-state index contributed by atoms with van der Waals surface area (Å²) in [5.41, 5.74) is 2.82. The summed E-state index contributed by atoms with van der Waals surface area (Å²) in [5, 5.41) is 8.84. The van der Waals surface area contributed by atoms with Crippen LogP contribution in [0.2, 0.25) is 0 Å². The van der Waals surface area contributed by atoms with E-state index in [9.17, 15) is 9.59 Å². The van der Waals surface area contributed by atoms with E-state index < -0.39 is 6.04 Å². The molecule has 23 heavy (non-hydrogen) atoms. The number of carbonyl (C=O) groups excluding carboxylic acids is 2. The van der Waals surface area contributed by atoms with Gasteiger partial charge in [0, 0.05) is 0 Å². The van der Waals surface area contributed by atoms with Crippen molar-refractivity contribution in [3.8, 4) is 0 Å². The summed E-state index contributed by atoms with van der Waals surface area (Å²) in [4.78, 5) is 23.9. The maximum absolute atomic E-state index is 12.4. The Labute approximate surface area is 137 Å². The van der Waals surface area contributed by atoms with Crippen molar-refractivity contribution in [1.29, 1.82) is 0 Å². The molecule has 2 aliphatic rings. The van der Waals surface area contributed by atoms with Crippen LogP contribution < -0.4 is 16.0 Å². The maximum atomic E-state index is 12.4.